The van der Waals surface area contributed by atoms with Crippen molar-refractivity contribution >= 4 is 27.4 Å². The summed E-state index contributed by atoms with van der Waals surface area (Å²) < 4.78 is 0.905. The number of rotatable bonds is 2. The number of Topliss-reactive ketones (excluding diaryl/α,β-unsaturated/α-hetero) is 1. The average Bonchev–Trinajstić information content (AvgIpc) is 2.17. The minimum Gasteiger partial charge on any atom is -0.411 e. The van der Waals surface area contributed by atoms with Crippen LogP contribution in [-0.4, -0.2) is 16.7 Å². The van der Waals surface area contributed by atoms with Crippen LogP contribution in [0.4, 0.5) is 0 Å². The van der Waals surface area contributed by atoms with Gasteiger partial charge in [0.05, 0.1) is 0 Å². The molecule has 0 saturated heterocycles. The minimum atomic E-state index is -0.269. The van der Waals surface area contributed by atoms with Gasteiger partial charge in [0.15, 0.2) is 0 Å². The monoisotopic (exact) mass is 241 g/mol. The Labute approximate surface area is 84.2 Å². The van der Waals surface area contributed by atoms with Crippen LogP contribution in [0.15, 0.2) is 33.9 Å². The molecule has 0 aliphatic heterocycles. The Hall–Kier alpha value is -1.16. The molecule has 0 amide bonds. The number of halogens is 1. The molecule has 1 rings (SSSR count). The van der Waals surface area contributed by atoms with Gasteiger partial charge in [-0.2, -0.15) is 0 Å². The summed E-state index contributed by atoms with van der Waals surface area (Å²) in [4.78, 5) is 11.4. The lowest BCUT2D eigenvalue weighted by Crippen LogP contribution is -2.09. The Morgan fingerprint density at radius 2 is 1.92 bits per heavy atom. The van der Waals surface area contributed by atoms with Gasteiger partial charge >= 0.3 is 0 Å². The second-order valence-corrected chi connectivity index (χ2v) is 3.44. The van der Waals surface area contributed by atoms with Gasteiger partial charge in [-0.05, 0) is 31.2 Å². The third-order valence-electron chi connectivity index (χ3n) is 1.59. The first-order chi connectivity index (χ1) is 6.15. The van der Waals surface area contributed by atoms with E-state index in [0.29, 0.717) is 5.56 Å². The first-order valence-corrected chi connectivity index (χ1v) is 4.43. The maximum absolute atomic E-state index is 11.4. The number of benzene rings is 1. The van der Waals surface area contributed by atoms with Crippen molar-refractivity contribution in [2.45, 2.75) is 6.92 Å². The second kappa shape index (κ2) is 4.18. The number of hydrogen-bond donors (Lipinski definition) is 1. The number of nitrogens with zero attached hydrogens (tertiary/aromatic N) is 1. The quantitative estimate of drug-likeness (QED) is 0.375. The fourth-order valence-corrected chi connectivity index (χ4v) is 1.12. The highest BCUT2D eigenvalue weighted by atomic mass is 79.9. The zero-order valence-electron chi connectivity index (χ0n) is 6.99. The van der Waals surface area contributed by atoms with Crippen molar-refractivity contribution in [1.82, 2.24) is 0 Å². The molecule has 0 aliphatic rings. The van der Waals surface area contributed by atoms with Gasteiger partial charge in [0.25, 0.3) is 0 Å². The lowest BCUT2D eigenvalue weighted by Gasteiger charge is -1.97. The van der Waals surface area contributed by atoms with Gasteiger partial charge in [0, 0.05) is 10.0 Å². The molecule has 0 aromatic heterocycles. The molecule has 1 N–H and O–H groups in total. The maximum Gasteiger partial charge on any atom is 0.210 e. The van der Waals surface area contributed by atoms with Crippen LogP contribution in [0.25, 0.3) is 0 Å². The predicted octanol–water partition coefficient (Wildman–Crippen LogP) is 2.48. The van der Waals surface area contributed by atoms with Gasteiger partial charge in [-0.1, -0.05) is 21.1 Å². The molecular formula is C9H8BrNO2. The number of ketones is 1. The molecule has 4 heteroatoms. The third kappa shape index (κ3) is 2.39. The van der Waals surface area contributed by atoms with E-state index in [2.05, 4.69) is 21.1 Å². The van der Waals surface area contributed by atoms with Crippen molar-refractivity contribution < 1.29 is 10.0 Å². The van der Waals surface area contributed by atoms with Crippen LogP contribution in [0.5, 0.6) is 0 Å². The molecule has 0 saturated carbocycles. The SMILES string of the molecule is C/C(=N\O)C(=O)c1ccc(Br)cc1. The van der Waals surface area contributed by atoms with E-state index in [0.717, 1.165) is 4.47 Å². The minimum absolute atomic E-state index is 0.0855. The number of oxime groups is 1. The van der Waals surface area contributed by atoms with E-state index >= 15 is 0 Å². The van der Waals surface area contributed by atoms with Gasteiger partial charge in [0.2, 0.25) is 5.78 Å². The highest BCUT2D eigenvalue weighted by molar-refractivity contribution is 9.10. The number of carbonyl (C=O) groups is 1. The summed E-state index contributed by atoms with van der Waals surface area (Å²) in [6.45, 7) is 1.46. The molecular weight excluding hydrogens is 234 g/mol. The Morgan fingerprint density at radius 3 is 2.38 bits per heavy atom. The number of hydrogen-bond acceptors (Lipinski definition) is 3. The molecule has 0 heterocycles. The Bertz CT molecular complexity index is 343. The molecule has 0 spiro atoms. The molecule has 0 fully saturated rings. The fourth-order valence-electron chi connectivity index (χ4n) is 0.856. The zero-order chi connectivity index (χ0) is 9.84. The van der Waals surface area contributed by atoms with Crippen LogP contribution in [0.3, 0.4) is 0 Å². The predicted molar refractivity (Wildman–Crippen MR) is 53.4 cm³/mol. The molecule has 1 aromatic rings. The van der Waals surface area contributed by atoms with Crippen LogP contribution in [0, 0.1) is 0 Å². The highest BCUT2D eigenvalue weighted by Gasteiger charge is 2.08. The molecule has 0 bridgehead atoms. The third-order valence-corrected chi connectivity index (χ3v) is 2.11. The summed E-state index contributed by atoms with van der Waals surface area (Å²) in [6, 6.07) is 6.86. The Kier molecular flexibility index (Phi) is 3.19. The Balaban J connectivity index is 2.97. The van der Waals surface area contributed by atoms with Gasteiger partial charge in [-0.25, -0.2) is 0 Å². The van der Waals surface area contributed by atoms with E-state index in [4.69, 9.17) is 5.21 Å². The molecule has 0 aliphatic carbocycles. The lowest BCUT2D eigenvalue weighted by molar-refractivity contribution is 0.106. The topological polar surface area (TPSA) is 49.7 Å². The molecule has 3 nitrogen and oxygen atoms in total. The summed E-state index contributed by atoms with van der Waals surface area (Å²) in [7, 11) is 0. The van der Waals surface area contributed by atoms with E-state index < -0.39 is 0 Å². The molecule has 0 unspecified atom stereocenters. The zero-order valence-corrected chi connectivity index (χ0v) is 8.58. The van der Waals surface area contributed by atoms with E-state index in [1.807, 2.05) is 0 Å². The van der Waals surface area contributed by atoms with Crippen molar-refractivity contribution in [3.8, 4) is 0 Å². The van der Waals surface area contributed by atoms with E-state index in [1.54, 1.807) is 24.3 Å². The van der Waals surface area contributed by atoms with Crippen molar-refractivity contribution in [1.29, 1.82) is 0 Å². The van der Waals surface area contributed by atoms with Crippen molar-refractivity contribution in [2.75, 3.05) is 0 Å². The van der Waals surface area contributed by atoms with Gasteiger partial charge < -0.3 is 5.21 Å². The summed E-state index contributed by atoms with van der Waals surface area (Å²) in [5, 5.41) is 11.2. The molecule has 13 heavy (non-hydrogen) atoms. The van der Waals surface area contributed by atoms with Gasteiger partial charge in [-0.15, -0.1) is 0 Å². The lowest BCUT2D eigenvalue weighted by atomic mass is 10.1. The fraction of sp³-hybridized carbons (Fsp3) is 0.111. The second-order valence-electron chi connectivity index (χ2n) is 2.52. The van der Waals surface area contributed by atoms with Gasteiger partial charge in [0.1, 0.15) is 5.71 Å². The summed E-state index contributed by atoms with van der Waals surface area (Å²) in [6.07, 6.45) is 0. The van der Waals surface area contributed by atoms with E-state index in [-0.39, 0.29) is 11.5 Å². The van der Waals surface area contributed by atoms with Crippen LogP contribution >= 0.6 is 15.9 Å². The van der Waals surface area contributed by atoms with Crippen LogP contribution < -0.4 is 0 Å². The first-order valence-electron chi connectivity index (χ1n) is 3.64. The van der Waals surface area contributed by atoms with Crippen LogP contribution in [-0.2, 0) is 0 Å². The van der Waals surface area contributed by atoms with E-state index in [1.165, 1.54) is 6.92 Å². The normalized spacial score (nSPS) is 11.4. The first kappa shape index (κ1) is 9.92. The van der Waals surface area contributed by atoms with E-state index in [9.17, 15) is 4.79 Å². The van der Waals surface area contributed by atoms with Crippen molar-refractivity contribution in [2.24, 2.45) is 5.16 Å². The maximum atomic E-state index is 11.4. The summed E-state index contributed by atoms with van der Waals surface area (Å²) in [5.74, 6) is -0.269. The molecule has 68 valence electrons. The van der Waals surface area contributed by atoms with Gasteiger partial charge in [-0.3, -0.25) is 4.79 Å². The average molecular weight is 242 g/mol. The highest BCUT2D eigenvalue weighted by Crippen LogP contribution is 2.11. The smallest absolute Gasteiger partial charge is 0.210 e. The molecule has 0 radical (unpaired) electrons. The standard InChI is InChI=1S/C9H8BrNO2/c1-6(11-13)9(12)7-2-4-8(10)5-3-7/h2-5,13H,1H3/b11-6+. The summed E-state index contributed by atoms with van der Waals surface area (Å²) in [5.41, 5.74) is 0.598. The molecule has 0 atom stereocenters. The summed E-state index contributed by atoms with van der Waals surface area (Å²) >= 11 is 3.26. The van der Waals surface area contributed by atoms with Crippen molar-refractivity contribution in [3.63, 3.8) is 0 Å². The van der Waals surface area contributed by atoms with Crippen LogP contribution in [0.2, 0.25) is 0 Å². The van der Waals surface area contributed by atoms with Crippen molar-refractivity contribution in [3.05, 3.63) is 34.3 Å². The molecule has 1 aromatic carbocycles. The number of carbonyl (C=O) groups excluding carboxylic acids is 1. The van der Waals surface area contributed by atoms with Crippen LogP contribution in [0.1, 0.15) is 17.3 Å². The largest absolute Gasteiger partial charge is 0.411 e. The Morgan fingerprint density at radius 1 is 1.38 bits per heavy atom.